The molecule has 8 nitrogen and oxygen atoms in total. The highest BCUT2D eigenvalue weighted by Crippen LogP contribution is 2.61. The van der Waals surface area contributed by atoms with Gasteiger partial charge in [-0.05, 0) is 90.0 Å². The first-order valence-electron chi connectivity index (χ1n) is 16.4. The van der Waals surface area contributed by atoms with Crippen molar-refractivity contribution in [3.63, 3.8) is 0 Å². The van der Waals surface area contributed by atoms with Crippen LogP contribution in [0.15, 0.2) is 134 Å². The lowest BCUT2D eigenvalue weighted by Crippen LogP contribution is -2.39. The molecule has 8 heteroatoms. The summed E-state index contributed by atoms with van der Waals surface area (Å²) in [4.78, 5) is 46.3. The maximum atomic E-state index is 13.5. The number of pyridine rings is 4. The van der Waals surface area contributed by atoms with Crippen LogP contribution in [0.25, 0.3) is 22.8 Å². The average Bonchev–Trinajstić information content (AvgIpc) is 3.58. The number of hydrogen-bond donors (Lipinski definition) is 0. The zero-order valence-corrected chi connectivity index (χ0v) is 26.7. The van der Waals surface area contributed by atoms with Gasteiger partial charge in [-0.15, -0.1) is 0 Å². The average molecular weight is 645 g/mol. The Hall–Kier alpha value is -6.02. The van der Waals surface area contributed by atoms with Gasteiger partial charge in [0.25, 0.3) is 0 Å². The fourth-order valence-corrected chi connectivity index (χ4v) is 7.80. The van der Waals surface area contributed by atoms with Gasteiger partial charge in [-0.1, -0.05) is 60.7 Å². The van der Waals surface area contributed by atoms with Crippen molar-refractivity contribution in [1.82, 2.24) is 19.9 Å². The minimum absolute atomic E-state index is 0.142. The van der Waals surface area contributed by atoms with E-state index in [1.54, 1.807) is 49.1 Å². The van der Waals surface area contributed by atoms with Crippen molar-refractivity contribution in [1.29, 1.82) is 0 Å². The third-order valence-corrected chi connectivity index (χ3v) is 9.81. The minimum Gasteiger partial charge on any atom is -0.427 e. The third-order valence-electron chi connectivity index (χ3n) is 9.81. The number of carbonyl (C=O) groups excluding carboxylic acids is 2. The largest absolute Gasteiger partial charge is 0.427 e. The molecule has 4 aromatic heterocycles. The van der Waals surface area contributed by atoms with E-state index in [-0.39, 0.29) is 24.8 Å². The number of ether oxygens (including phenoxy) is 2. The Bertz CT molecular complexity index is 1920. The second-order valence-electron chi connectivity index (χ2n) is 12.5. The van der Waals surface area contributed by atoms with Crippen LogP contribution >= 0.6 is 0 Å². The molecule has 0 unspecified atom stereocenters. The van der Waals surface area contributed by atoms with E-state index in [1.807, 2.05) is 60.7 Å². The second-order valence-corrected chi connectivity index (χ2v) is 12.5. The molecule has 0 saturated heterocycles. The molecule has 0 fully saturated rings. The van der Waals surface area contributed by atoms with Gasteiger partial charge in [0.05, 0.1) is 22.8 Å². The predicted octanol–water partition coefficient (Wildman–Crippen LogP) is 7.66. The molecule has 2 aliphatic carbocycles. The summed E-state index contributed by atoms with van der Waals surface area (Å²) in [5, 5.41) is 0. The zero-order chi connectivity index (χ0) is 33.3. The summed E-state index contributed by atoms with van der Waals surface area (Å²) in [5.74, 6) is 0.344. The van der Waals surface area contributed by atoms with Crippen LogP contribution in [0.4, 0.5) is 0 Å². The number of esters is 2. The van der Waals surface area contributed by atoms with Crippen molar-refractivity contribution in [2.75, 3.05) is 0 Å². The van der Waals surface area contributed by atoms with Crippen molar-refractivity contribution in [2.45, 2.75) is 42.9 Å². The smallest absolute Gasteiger partial charge is 0.311 e. The van der Waals surface area contributed by atoms with Crippen molar-refractivity contribution in [2.24, 2.45) is 0 Å². The summed E-state index contributed by atoms with van der Waals surface area (Å²) >= 11 is 0. The molecule has 49 heavy (non-hydrogen) atoms. The number of hydrogen-bond acceptors (Lipinski definition) is 8. The first-order chi connectivity index (χ1) is 24.1. The van der Waals surface area contributed by atoms with Gasteiger partial charge in [-0.3, -0.25) is 29.5 Å². The Balaban J connectivity index is 1.26. The van der Waals surface area contributed by atoms with Crippen LogP contribution in [0, 0.1) is 0 Å². The number of rotatable bonds is 10. The molecule has 2 aromatic carbocycles. The molecule has 0 spiro atoms. The first-order valence-corrected chi connectivity index (χ1v) is 16.4. The van der Waals surface area contributed by atoms with Crippen LogP contribution in [0.3, 0.4) is 0 Å². The normalized spacial score (nSPS) is 14.2. The van der Waals surface area contributed by atoms with Gasteiger partial charge in [-0.25, -0.2) is 0 Å². The van der Waals surface area contributed by atoms with Crippen LogP contribution < -0.4 is 9.47 Å². The number of nitrogens with zero attached hydrogens (tertiary/aromatic N) is 4. The molecule has 0 saturated carbocycles. The van der Waals surface area contributed by atoms with Gasteiger partial charge >= 0.3 is 11.9 Å². The Morgan fingerprint density at radius 2 is 0.776 bits per heavy atom. The standard InChI is InChI=1S/C41H32N4O4/c46-34(48-28-11-3-1-4-12-28)19-21-40(30-15-7-23-42-36(30)37-31(40)16-8-24-43-37)27-41(22-20-35(47)49-29-13-5-2-6-14-29)32-17-9-25-44-38(32)39-33(41)18-10-26-45-39/h1-18,23-26H,19-22,27H2. The summed E-state index contributed by atoms with van der Waals surface area (Å²) in [6.07, 6.45) is 8.76. The van der Waals surface area contributed by atoms with Gasteiger partial charge in [-0.2, -0.15) is 0 Å². The number of carbonyl (C=O) groups is 2. The van der Waals surface area contributed by atoms with E-state index >= 15 is 0 Å². The monoisotopic (exact) mass is 644 g/mol. The zero-order valence-electron chi connectivity index (χ0n) is 26.7. The van der Waals surface area contributed by atoms with E-state index in [4.69, 9.17) is 29.4 Å². The Morgan fingerprint density at radius 1 is 0.449 bits per heavy atom. The van der Waals surface area contributed by atoms with E-state index in [2.05, 4.69) is 24.3 Å². The van der Waals surface area contributed by atoms with Gasteiger partial charge in [0.15, 0.2) is 0 Å². The van der Waals surface area contributed by atoms with Crippen LogP contribution in [-0.2, 0) is 20.4 Å². The molecule has 240 valence electrons. The molecule has 0 aliphatic heterocycles. The Morgan fingerprint density at radius 3 is 1.10 bits per heavy atom. The fraction of sp³-hybridized carbons (Fsp3) is 0.171. The van der Waals surface area contributed by atoms with E-state index in [0.717, 1.165) is 45.0 Å². The lowest BCUT2D eigenvalue weighted by atomic mass is 9.60. The fourth-order valence-electron chi connectivity index (χ4n) is 7.80. The molecule has 0 radical (unpaired) electrons. The van der Waals surface area contributed by atoms with Crippen LogP contribution in [0.5, 0.6) is 11.5 Å². The van der Waals surface area contributed by atoms with Gasteiger partial charge < -0.3 is 9.47 Å². The van der Waals surface area contributed by atoms with E-state index in [9.17, 15) is 9.59 Å². The van der Waals surface area contributed by atoms with Crippen LogP contribution in [0.2, 0.25) is 0 Å². The summed E-state index contributed by atoms with van der Waals surface area (Å²) in [5.41, 5.74) is 5.69. The van der Waals surface area contributed by atoms with Crippen molar-refractivity contribution < 1.29 is 19.1 Å². The van der Waals surface area contributed by atoms with E-state index in [0.29, 0.717) is 30.8 Å². The molecule has 6 aromatic rings. The Kier molecular flexibility index (Phi) is 7.76. The van der Waals surface area contributed by atoms with E-state index in [1.165, 1.54) is 0 Å². The number of benzene rings is 2. The van der Waals surface area contributed by atoms with Crippen molar-refractivity contribution >= 4 is 11.9 Å². The molecule has 0 amide bonds. The minimum atomic E-state index is -0.725. The summed E-state index contributed by atoms with van der Waals surface area (Å²) in [6.45, 7) is 0. The lowest BCUT2D eigenvalue weighted by Gasteiger charge is -2.42. The topological polar surface area (TPSA) is 104 Å². The highest BCUT2D eigenvalue weighted by Gasteiger charge is 2.54. The molecule has 0 N–H and O–H groups in total. The Labute approximate surface area is 283 Å². The quantitative estimate of drug-likeness (QED) is 0.111. The first kappa shape index (κ1) is 30.3. The summed E-state index contributed by atoms with van der Waals surface area (Å²) in [7, 11) is 0. The second kappa shape index (κ2) is 12.5. The van der Waals surface area contributed by atoms with Crippen LogP contribution in [0.1, 0.15) is 54.4 Å². The maximum absolute atomic E-state index is 13.5. The predicted molar refractivity (Wildman–Crippen MR) is 184 cm³/mol. The molecule has 8 rings (SSSR count). The number of aromatic nitrogens is 4. The molecule has 0 atom stereocenters. The number of para-hydroxylation sites is 2. The van der Waals surface area contributed by atoms with Gasteiger partial charge in [0.1, 0.15) is 11.5 Å². The highest BCUT2D eigenvalue weighted by atomic mass is 16.5. The molecular formula is C41H32N4O4. The number of fused-ring (bicyclic) bond motifs is 6. The lowest BCUT2D eigenvalue weighted by molar-refractivity contribution is -0.135. The van der Waals surface area contributed by atoms with Crippen molar-refractivity contribution in [3.8, 4) is 34.3 Å². The molecule has 0 bridgehead atoms. The van der Waals surface area contributed by atoms with Gasteiger partial charge in [0.2, 0.25) is 0 Å². The summed E-state index contributed by atoms with van der Waals surface area (Å²) < 4.78 is 11.6. The third kappa shape index (κ3) is 5.35. The molecule has 4 heterocycles. The van der Waals surface area contributed by atoms with E-state index < -0.39 is 10.8 Å². The van der Waals surface area contributed by atoms with Crippen molar-refractivity contribution in [3.05, 3.63) is 156 Å². The SMILES string of the molecule is O=C(CCC1(CC2(CCC(=O)Oc3ccccc3)c3cccnc3-c3ncccc32)c2cccnc2-c2ncccc21)Oc1ccccc1. The maximum Gasteiger partial charge on any atom is 0.311 e. The van der Waals surface area contributed by atoms with Gasteiger partial charge in [0, 0.05) is 48.5 Å². The molecular weight excluding hydrogens is 612 g/mol. The summed E-state index contributed by atoms with van der Waals surface area (Å²) in [6, 6.07) is 34.3. The highest BCUT2D eigenvalue weighted by molar-refractivity contribution is 5.80. The molecule has 2 aliphatic rings. The van der Waals surface area contributed by atoms with Crippen LogP contribution in [-0.4, -0.2) is 31.9 Å².